The van der Waals surface area contributed by atoms with Crippen LogP contribution in [0, 0.1) is 12.7 Å². The maximum absolute atomic E-state index is 13.1. The van der Waals surface area contributed by atoms with E-state index in [-0.39, 0.29) is 43.5 Å². The second-order valence-corrected chi connectivity index (χ2v) is 8.05. The zero-order valence-electron chi connectivity index (χ0n) is 18.6. The van der Waals surface area contributed by atoms with E-state index in [4.69, 9.17) is 0 Å². The lowest BCUT2D eigenvalue weighted by molar-refractivity contribution is -0.137. The Morgan fingerprint density at radius 3 is 2.09 bits per heavy atom. The lowest BCUT2D eigenvalue weighted by atomic mass is 10.1. The molecule has 2 heterocycles. The summed E-state index contributed by atoms with van der Waals surface area (Å²) in [6.45, 7) is 2.14. The summed E-state index contributed by atoms with van der Waals surface area (Å²) in [7, 11) is 0. The predicted octanol–water partition coefficient (Wildman–Crippen LogP) is 3.30. The molecule has 0 radical (unpaired) electrons. The van der Waals surface area contributed by atoms with Crippen LogP contribution in [0.4, 0.5) is 17.6 Å². The molecule has 0 spiro atoms. The number of aromatic nitrogens is 2. The van der Waals surface area contributed by atoms with E-state index in [0.717, 1.165) is 22.9 Å². The predicted molar refractivity (Wildman–Crippen MR) is 118 cm³/mol. The molecule has 0 atom stereocenters. The van der Waals surface area contributed by atoms with Crippen molar-refractivity contribution in [1.82, 2.24) is 19.6 Å². The van der Waals surface area contributed by atoms with Crippen molar-refractivity contribution in [3.63, 3.8) is 0 Å². The summed E-state index contributed by atoms with van der Waals surface area (Å²) in [4.78, 5) is 41.1. The minimum Gasteiger partial charge on any atom is -0.335 e. The summed E-state index contributed by atoms with van der Waals surface area (Å²) in [6.07, 6.45) is -4.56. The van der Waals surface area contributed by atoms with Gasteiger partial charge in [0.1, 0.15) is 5.82 Å². The summed E-state index contributed by atoms with van der Waals surface area (Å²) < 4.78 is 53.6. The third kappa shape index (κ3) is 5.08. The molecule has 1 aliphatic rings. The number of alkyl halides is 3. The summed E-state index contributed by atoms with van der Waals surface area (Å²) >= 11 is 0. The molecule has 1 saturated heterocycles. The van der Waals surface area contributed by atoms with Gasteiger partial charge in [0.15, 0.2) is 5.69 Å². The monoisotopic (exact) mass is 488 g/mol. The minimum absolute atomic E-state index is 0.0566. The normalized spacial score (nSPS) is 14.2. The molecular formula is C24H20F4N4O3. The van der Waals surface area contributed by atoms with Gasteiger partial charge in [0, 0.05) is 43.5 Å². The molecule has 1 aromatic heterocycles. The van der Waals surface area contributed by atoms with Gasteiger partial charge in [0.25, 0.3) is 11.8 Å². The number of amides is 2. The van der Waals surface area contributed by atoms with Gasteiger partial charge in [-0.2, -0.15) is 18.3 Å². The van der Waals surface area contributed by atoms with Crippen molar-refractivity contribution in [2.45, 2.75) is 13.1 Å². The second-order valence-electron chi connectivity index (χ2n) is 8.05. The summed E-state index contributed by atoms with van der Waals surface area (Å²) in [5, 5.41) is 4.08. The number of aryl methyl sites for hydroxylation is 1. The molecule has 1 fully saturated rings. The largest absolute Gasteiger partial charge is 0.416 e. The van der Waals surface area contributed by atoms with E-state index in [9.17, 15) is 31.9 Å². The zero-order valence-corrected chi connectivity index (χ0v) is 18.6. The first-order chi connectivity index (χ1) is 16.5. The van der Waals surface area contributed by atoms with Crippen LogP contribution in [0.1, 0.15) is 32.1 Å². The minimum atomic E-state index is -4.56. The molecular weight excluding hydrogens is 468 g/mol. The summed E-state index contributed by atoms with van der Waals surface area (Å²) in [6, 6.07) is 10.7. The molecule has 35 heavy (non-hydrogen) atoms. The first kappa shape index (κ1) is 24.1. The number of rotatable bonds is 3. The van der Waals surface area contributed by atoms with Crippen LogP contribution in [0.25, 0.3) is 5.69 Å². The molecule has 1 aliphatic heterocycles. The highest BCUT2D eigenvalue weighted by atomic mass is 19.4. The van der Waals surface area contributed by atoms with E-state index in [2.05, 4.69) is 5.10 Å². The van der Waals surface area contributed by atoms with Gasteiger partial charge in [-0.1, -0.05) is 6.07 Å². The highest BCUT2D eigenvalue weighted by molar-refractivity contribution is 5.95. The topological polar surface area (TPSA) is 75.5 Å². The maximum atomic E-state index is 13.1. The molecule has 2 amide bonds. The van der Waals surface area contributed by atoms with E-state index in [1.807, 2.05) is 0 Å². The Labute approximate surface area is 197 Å². The van der Waals surface area contributed by atoms with Crippen LogP contribution in [0.15, 0.2) is 59.4 Å². The molecule has 11 heteroatoms. The molecule has 0 saturated carbocycles. The third-order valence-corrected chi connectivity index (χ3v) is 5.67. The zero-order chi connectivity index (χ0) is 25.3. The van der Waals surface area contributed by atoms with Crippen LogP contribution in [0.3, 0.4) is 0 Å². The van der Waals surface area contributed by atoms with Crippen LogP contribution in [0.5, 0.6) is 0 Å². The fraction of sp³-hybridized carbons (Fsp3) is 0.250. The average Bonchev–Trinajstić information content (AvgIpc) is 2.83. The van der Waals surface area contributed by atoms with Crippen molar-refractivity contribution < 1.29 is 27.2 Å². The van der Waals surface area contributed by atoms with Crippen molar-refractivity contribution in [1.29, 1.82) is 0 Å². The SMILES string of the molecule is Cc1cc(=O)c(C(=O)N2CCN(C(=O)c3ccc(F)cc3)CC2)nn1-c1cccc(C(F)(F)F)c1. The number of hydrogen-bond donors (Lipinski definition) is 0. The van der Waals surface area contributed by atoms with Crippen molar-refractivity contribution in [3.05, 3.63) is 93.2 Å². The molecule has 0 N–H and O–H groups in total. The van der Waals surface area contributed by atoms with Gasteiger partial charge in [-0.3, -0.25) is 14.4 Å². The van der Waals surface area contributed by atoms with E-state index in [1.54, 1.807) is 0 Å². The quantitative estimate of drug-likeness (QED) is 0.531. The first-order valence-corrected chi connectivity index (χ1v) is 10.7. The lowest BCUT2D eigenvalue weighted by Gasteiger charge is -2.34. The van der Waals surface area contributed by atoms with Gasteiger partial charge in [-0.25, -0.2) is 9.07 Å². The molecule has 0 unspecified atom stereocenters. The van der Waals surface area contributed by atoms with Gasteiger partial charge in [0.05, 0.1) is 11.3 Å². The van der Waals surface area contributed by atoms with Gasteiger partial charge in [-0.05, 0) is 49.4 Å². The van der Waals surface area contributed by atoms with Gasteiger partial charge >= 0.3 is 6.18 Å². The molecule has 3 aromatic rings. The second kappa shape index (κ2) is 9.32. The van der Waals surface area contributed by atoms with Gasteiger partial charge < -0.3 is 9.80 Å². The smallest absolute Gasteiger partial charge is 0.335 e. The van der Waals surface area contributed by atoms with E-state index in [1.165, 1.54) is 53.1 Å². The Morgan fingerprint density at radius 1 is 0.886 bits per heavy atom. The van der Waals surface area contributed by atoms with Crippen molar-refractivity contribution in [2.75, 3.05) is 26.2 Å². The Hall–Kier alpha value is -4.02. The summed E-state index contributed by atoms with van der Waals surface area (Å²) in [5.74, 6) is -1.44. The molecule has 0 bridgehead atoms. The molecule has 2 aromatic carbocycles. The molecule has 0 aliphatic carbocycles. The fourth-order valence-electron chi connectivity index (χ4n) is 3.81. The number of nitrogens with zero attached hydrogens (tertiary/aromatic N) is 4. The van der Waals surface area contributed by atoms with Crippen LogP contribution in [-0.4, -0.2) is 57.6 Å². The third-order valence-electron chi connectivity index (χ3n) is 5.67. The fourth-order valence-corrected chi connectivity index (χ4v) is 3.81. The van der Waals surface area contributed by atoms with Crippen molar-refractivity contribution >= 4 is 11.8 Å². The molecule has 4 rings (SSSR count). The molecule has 182 valence electrons. The number of carbonyl (C=O) groups excluding carboxylic acids is 2. The summed E-state index contributed by atoms with van der Waals surface area (Å²) in [5.41, 5.74) is -1.33. The highest BCUT2D eigenvalue weighted by Crippen LogP contribution is 2.30. The number of piperazine rings is 1. The average molecular weight is 488 g/mol. The van der Waals surface area contributed by atoms with E-state index < -0.39 is 34.6 Å². The Morgan fingerprint density at radius 2 is 1.49 bits per heavy atom. The number of hydrogen-bond acceptors (Lipinski definition) is 4. The van der Waals surface area contributed by atoms with Crippen molar-refractivity contribution in [2.24, 2.45) is 0 Å². The Balaban J connectivity index is 1.53. The maximum Gasteiger partial charge on any atom is 0.416 e. The van der Waals surface area contributed by atoms with Crippen LogP contribution >= 0.6 is 0 Å². The van der Waals surface area contributed by atoms with E-state index in [0.29, 0.717) is 5.56 Å². The Kier molecular flexibility index (Phi) is 6.42. The molecule has 7 nitrogen and oxygen atoms in total. The number of benzene rings is 2. The van der Waals surface area contributed by atoms with E-state index >= 15 is 0 Å². The number of carbonyl (C=O) groups is 2. The van der Waals surface area contributed by atoms with Gasteiger partial charge in [0.2, 0.25) is 5.43 Å². The van der Waals surface area contributed by atoms with Crippen LogP contribution in [-0.2, 0) is 6.18 Å². The van der Waals surface area contributed by atoms with Crippen LogP contribution in [0.2, 0.25) is 0 Å². The first-order valence-electron chi connectivity index (χ1n) is 10.7. The highest BCUT2D eigenvalue weighted by Gasteiger charge is 2.31. The number of halogens is 4. The lowest BCUT2D eigenvalue weighted by Crippen LogP contribution is -2.51. The Bertz CT molecular complexity index is 1330. The van der Waals surface area contributed by atoms with Crippen LogP contribution < -0.4 is 5.43 Å². The standard InChI is InChI=1S/C24H20F4N4O3/c1-15-13-20(33)21(29-32(15)19-4-2-3-17(14-19)24(26,27)28)23(35)31-11-9-30(10-12-31)22(34)16-5-7-18(25)8-6-16/h2-8,13-14H,9-12H2,1H3. The van der Waals surface area contributed by atoms with Crippen molar-refractivity contribution in [3.8, 4) is 5.69 Å². The van der Waals surface area contributed by atoms with Gasteiger partial charge in [-0.15, -0.1) is 0 Å².